The summed E-state index contributed by atoms with van der Waals surface area (Å²) in [6.07, 6.45) is 7.13. The molecule has 0 aromatic heterocycles. The third kappa shape index (κ3) is 3.43. The van der Waals surface area contributed by atoms with Crippen LogP contribution in [0.1, 0.15) is 18.1 Å². The van der Waals surface area contributed by atoms with Crippen molar-refractivity contribution in [3.05, 3.63) is 47.5 Å². The van der Waals surface area contributed by atoms with Gasteiger partial charge in [0, 0.05) is 6.08 Å². The van der Waals surface area contributed by atoms with Crippen LogP contribution in [0.3, 0.4) is 0 Å². The molecule has 2 heteroatoms. The minimum Gasteiger partial charge on any atom is -0.466 e. The van der Waals surface area contributed by atoms with Gasteiger partial charge in [-0.15, -0.1) is 0 Å². The van der Waals surface area contributed by atoms with Gasteiger partial charge in [0.25, 0.3) is 0 Å². The SMILES string of the molecule is CC=Cc1ccccc1/C=C/C(=O)OC. The van der Waals surface area contributed by atoms with Crippen molar-refractivity contribution in [2.24, 2.45) is 0 Å². The molecule has 0 radical (unpaired) electrons. The molecule has 0 unspecified atom stereocenters. The van der Waals surface area contributed by atoms with Crippen LogP contribution in [0.15, 0.2) is 36.4 Å². The van der Waals surface area contributed by atoms with Crippen molar-refractivity contribution >= 4 is 18.1 Å². The molecular formula is C13H14O2. The normalized spacial score (nSPS) is 11.1. The zero-order chi connectivity index (χ0) is 11.1. The summed E-state index contributed by atoms with van der Waals surface area (Å²) < 4.78 is 4.53. The Labute approximate surface area is 89.9 Å². The van der Waals surface area contributed by atoms with Crippen LogP contribution in [0.2, 0.25) is 0 Å². The van der Waals surface area contributed by atoms with Gasteiger partial charge in [-0.3, -0.25) is 0 Å². The lowest BCUT2D eigenvalue weighted by Gasteiger charge is -1.99. The molecule has 78 valence electrons. The molecule has 2 nitrogen and oxygen atoms in total. The van der Waals surface area contributed by atoms with Gasteiger partial charge >= 0.3 is 5.97 Å². The number of rotatable bonds is 3. The van der Waals surface area contributed by atoms with Gasteiger partial charge in [-0.25, -0.2) is 4.79 Å². The van der Waals surface area contributed by atoms with Crippen LogP contribution in [0.4, 0.5) is 0 Å². The molecule has 0 spiro atoms. The lowest BCUT2D eigenvalue weighted by atomic mass is 10.1. The fourth-order valence-electron chi connectivity index (χ4n) is 1.22. The second kappa shape index (κ2) is 5.81. The van der Waals surface area contributed by atoms with Crippen molar-refractivity contribution in [2.45, 2.75) is 6.92 Å². The van der Waals surface area contributed by atoms with Gasteiger partial charge in [0.15, 0.2) is 0 Å². The first-order valence-corrected chi connectivity index (χ1v) is 4.75. The lowest BCUT2D eigenvalue weighted by Crippen LogP contribution is -1.93. The molecule has 0 N–H and O–H groups in total. The Bertz CT molecular complexity index is 389. The van der Waals surface area contributed by atoms with Gasteiger partial charge in [0.05, 0.1) is 7.11 Å². The number of benzene rings is 1. The van der Waals surface area contributed by atoms with E-state index < -0.39 is 0 Å². The third-order valence-corrected chi connectivity index (χ3v) is 1.94. The Hall–Kier alpha value is -1.83. The smallest absolute Gasteiger partial charge is 0.330 e. The van der Waals surface area contributed by atoms with Crippen LogP contribution in [0.25, 0.3) is 12.2 Å². The Morgan fingerprint density at radius 3 is 2.33 bits per heavy atom. The van der Waals surface area contributed by atoms with Crippen molar-refractivity contribution in [3.8, 4) is 0 Å². The zero-order valence-electron chi connectivity index (χ0n) is 8.94. The number of carbonyl (C=O) groups excluding carboxylic acids is 1. The average molecular weight is 202 g/mol. The average Bonchev–Trinajstić information content (AvgIpc) is 2.28. The zero-order valence-corrected chi connectivity index (χ0v) is 8.94. The number of esters is 1. The third-order valence-electron chi connectivity index (χ3n) is 1.94. The molecule has 0 bridgehead atoms. The second-order valence-corrected chi connectivity index (χ2v) is 2.99. The molecule has 0 heterocycles. The fraction of sp³-hybridized carbons (Fsp3) is 0.154. The topological polar surface area (TPSA) is 26.3 Å². The molecule has 0 aliphatic heterocycles. The first kappa shape index (κ1) is 11.2. The van der Waals surface area contributed by atoms with Crippen molar-refractivity contribution in [2.75, 3.05) is 7.11 Å². The van der Waals surface area contributed by atoms with Crippen molar-refractivity contribution in [1.29, 1.82) is 0 Å². The van der Waals surface area contributed by atoms with E-state index in [-0.39, 0.29) is 5.97 Å². The first-order valence-electron chi connectivity index (χ1n) is 4.75. The lowest BCUT2D eigenvalue weighted by molar-refractivity contribution is -0.134. The van der Waals surface area contributed by atoms with Crippen LogP contribution in [0, 0.1) is 0 Å². The monoisotopic (exact) mass is 202 g/mol. The molecule has 0 saturated heterocycles. The van der Waals surface area contributed by atoms with Gasteiger partial charge in [-0.2, -0.15) is 0 Å². The van der Waals surface area contributed by atoms with Gasteiger partial charge in [0.2, 0.25) is 0 Å². The second-order valence-electron chi connectivity index (χ2n) is 2.99. The molecule has 0 aliphatic carbocycles. The molecule has 0 amide bonds. The standard InChI is InChI=1S/C13H14O2/c1-3-6-11-7-4-5-8-12(11)9-10-13(14)15-2/h3-10H,1-2H3/b6-3?,10-9+. The van der Waals surface area contributed by atoms with E-state index in [2.05, 4.69) is 4.74 Å². The molecule has 0 fully saturated rings. The molecule has 15 heavy (non-hydrogen) atoms. The number of ether oxygens (including phenoxy) is 1. The van der Waals surface area contributed by atoms with Crippen LogP contribution >= 0.6 is 0 Å². The van der Waals surface area contributed by atoms with Crippen LogP contribution in [0.5, 0.6) is 0 Å². The largest absolute Gasteiger partial charge is 0.466 e. The summed E-state index contributed by atoms with van der Waals surface area (Å²) in [4.78, 5) is 10.9. The highest BCUT2D eigenvalue weighted by Gasteiger charge is 1.95. The van der Waals surface area contributed by atoms with Crippen molar-refractivity contribution < 1.29 is 9.53 Å². The van der Waals surface area contributed by atoms with Gasteiger partial charge < -0.3 is 4.74 Å². The van der Waals surface area contributed by atoms with E-state index >= 15 is 0 Å². The Kier molecular flexibility index (Phi) is 4.35. The maximum Gasteiger partial charge on any atom is 0.330 e. The molecule has 1 aromatic rings. The maximum atomic E-state index is 10.9. The van der Waals surface area contributed by atoms with Gasteiger partial charge in [0.1, 0.15) is 0 Å². The van der Waals surface area contributed by atoms with Crippen molar-refractivity contribution in [3.63, 3.8) is 0 Å². The van der Waals surface area contributed by atoms with E-state index in [1.165, 1.54) is 13.2 Å². The highest BCUT2D eigenvalue weighted by molar-refractivity contribution is 5.87. The predicted molar refractivity (Wildman–Crippen MR) is 62.2 cm³/mol. The maximum absolute atomic E-state index is 10.9. The van der Waals surface area contributed by atoms with Crippen LogP contribution in [-0.4, -0.2) is 13.1 Å². The summed E-state index contributed by atoms with van der Waals surface area (Å²) in [7, 11) is 1.37. The van der Waals surface area contributed by atoms with E-state index in [9.17, 15) is 4.79 Å². The highest BCUT2D eigenvalue weighted by Crippen LogP contribution is 2.12. The molecule has 0 saturated carbocycles. The quantitative estimate of drug-likeness (QED) is 0.556. The van der Waals surface area contributed by atoms with Crippen LogP contribution < -0.4 is 0 Å². The van der Waals surface area contributed by atoms with E-state index in [0.717, 1.165) is 11.1 Å². The van der Waals surface area contributed by atoms with E-state index in [0.29, 0.717) is 0 Å². The van der Waals surface area contributed by atoms with E-state index in [1.807, 2.05) is 43.3 Å². The van der Waals surface area contributed by atoms with Gasteiger partial charge in [-0.1, -0.05) is 36.4 Å². The summed E-state index contributed by atoms with van der Waals surface area (Å²) in [6.45, 7) is 1.96. The number of hydrogen-bond donors (Lipinski definition) is 0. The minimum atomic E-state index is -0.342. The van der Waals surface area contributed by atoms with Crippen LogP contribution in [-0.2, 0) is 9.53 Å². The highest BCUT2D eigenvalue weighted by atomic mass is 16.5. The van der Waals surface area contributed by atoms with Crippen molar-refractivity contribution in [1.82, 2.24) is 0 Å². The number of allylic oxidation sites excluding steroid dienone is 1. The molecule has 1 rings (SSSR count). The fourth-order valence-corrected chi connectivity index (χ4v) is 1.22. The van der Waals surface area contributed by atoms with E-state index in [4.69, 9.17) is 0 Å². The summed E-state index contributed by atoms with van der Waals surface area (Å²) in [6, 6.07) is 7.85. The van der Waals surface area contributed by atoms with E-state index in [1.54, 1.807) is 6.08 Å². The summed E-state index contributed by atoms with van der Waals surface area (Å²) in [5, 5.41) is 0. The Morgan fingerprint density at radius 1 is 1.20 bits per heavy atom. The molecule has 0 atom stereocenters. The number of hydrogen-bond acceptors (Lipinski definition) is 2. The summed E-state index contributed by atoms with van der Waals surface area (Å²) >= 11 is 0. The van der Waals surface area contributed by atoms with Gasteiger partial charge in [-0.05, 0) is 24.1 Å². The number of carbonyl (C=O) groups is 1. The predicted octanol–water partition coefficient (Wildman–Crippen LogP) is 2.91. The molecular weight excluding hydrogens is 188 g/mol. The molecule has 1 aromatic carbocycles. The first-order chi connectivity index (χ1) is 7.27. The molecule has 0 aliphatic rings. The summed E-state index contributed by atoms with van der Waals surface area (Å²) in [5.74, 6) is -0.342. The number of methoxy groups -OCH3 is 1. The summed E-state index contributed by atoms with van der Waals surface area (Å²) in [5.41, 5.74) is 2.08. The Morgan fingerprint density at radius 2 is 1.80 bits per heavy atom. The minimum absolute atomic E-state index is 0.342. The Balaban J connectivity index is 2.93.